The Morgan fingerprint density at radius 2 is 2.00 bits per heavy atom. The molecule has 2 amide bonds. The number of aliphatic hydroxyl groups excluding tert-OH is 1. The molecule has 0 fully saturated rings. The Hall–Kier alpha value is -2.64. The molecule has 1 atom stereocenters. The van der Waals surface area contributed by atoms with E-state index in [-0.39, 0.29) is 23.7 Å². The third-order valence-electron chi connectivity index (χ3n) is 4.39. The fraction of sp³-hybridized carbons (Fsp3) is 0.263. The SMILES string of the molecule is CC(O)CN1c2ccc(C=O)cc2N(Cc2c(F)cccc2Cl)C(=O)N1C. The van der Waals surface area contributed by atoms with Gasteiger partial charge in [-0.1, -0.05) is 17.7 Å². The van der Waals surface area contributed by atoms with E-state index < -0.39 is 18.0 Å². The van der Waals surface area contributed by atoms with Gasteiger partial charge in [0.2, 0.25) is 0 Å². The predicted octanol–water partition coefficient (Wildman–Crippen LogP) is 3.47. The van der Waals surface area contributed by atoms with Crippen molar-refractivity contribution in [1.29, 1.82) is 0 Å². The molecule has 2 aromatic carbocycles. The van der Waals surface area contributed by atoms with Crippen molar-refractivity contribution in [3.8, 4) is 0 Å². The average Bonchev–Trinajstić information content (AvgIpc) is 2.63. The largest absolute Gasteiger partial charge is 0.391 e. The van der Waals surface area contributed by atoms with Gasteiger partial charge in [-0.05, 0) is 37.3 Å². The van der Waals surface area contributed by atoms with Gasteiger partial charge in [0, 0.05) is 23.2 Å². The van der Waals surface area contributed by atoms with Crippen LogP contribution in [0.4, 0.5) is 20.6 Å². The molecule has 6 nitrogen and oxygen atoms in total. The molecule has 1 heterocycles. The fourth-order valence-corrected chi connectivity index (χ4v) is 3.28. The number of carbonyl (C=O) groups excluding carboxylic acids is 2. The Bertz CT molecular complexity index is 870. The summed E-state index contributed by atoms with van der Waals surface area (Å²) in [6.45, 7) is 1.71. The van der Waals surface area contributed by atoms with Gasteiger partial charge in [-0.2, -0.15) is 0 Å². The Balaban J connectivity index is 2.11. The summed E-state index contributed by atoms with van der Waals surface area (Å²) in [6, 6.07) is 8.79. The zero-order valence-electron chi connectivity index (χ0n) is 14.9. The summed E-state index contributed by atoms with van der Waals surface area (Å²) in [4.78, 5) is 25.6. The molecule has 1 aliphatic heterocycles. The summed E-state index contributed by atoms with van der Waals surface area (Å²) in [5, 5.41) is 13.0. The van der Waals surface area contributed by atoms with Crippen LogP contribution in [-0.2, 0) is 6.54 Å². The van der Waals surface area contributed by atoms with Gasteiger partial charge < -0.3 is 5.11 Å². The first-order valence-corrected chi connectivity index (χ1v) is 8.74. The number of benzene rings is 2. The number of nitrogens with zero attached hydrogens (tertiary/aromatic N) is 3. The van der Waals surface area contributed by atoms with Crippen LogP contribution >= 0.6 is 11.6 Å². The minimum atomic E-state index is -0.689. The number of urea groups is 1. The molecule has 1 aliphatic rings. The summed E-state index contributed by atoms with van der Waals surface area (Å²) in [5.41, 5.74) is 1.64. The fourth-order valence-electron chi connectivity index (χ4n) is 3.06. The van der Waals surface area contributed by atoms with Gasteiger partial charge in [-0.15, -0.1) is 0 Å². The number of fused-ring (bicyclic) bond motifs is 1. The highest BCUT2D eigenvalue weighted by atomic mass is 35.5. The van der Waals surface area contributed by atoms with E-state index in [1.54, 1.807) is 43.2 Å². The molecule has 1 unspecified atom stereocenters. The van der Waals surface area contributed by atoms with Crippen LogP contribution in [0.15, 0.2) is 36.4 Å². The summed E-state index contributed by atoms with van der Waals surface area (Å²) in [6.07, 6.45) is -0.0116. The first-order valence-electron chi connectivity index (χ1n) is 8.36. The van der Waals surface area contributed by atoms with Crippen LogP contribution in [0.2, 0.25) is 5.02 Å². The molecule has 142 valence electrons. The monoisotopic (exact) mass is 391 g/mol. The summed E-state index contributed by atoms with van der Waals surface area (Å²) in [5.74, 6) is -0.516. The van der Waals surface area contributed by atoms with Crippen molar-refractivity contribution in [2.45, 2.75) is 19.6 Å². The molecule has 0 saturated carbocycles. The standard InChI is InChI=1S/C19H19ClFN3O3/c1-12(26)9-24-17-7-6-13(11-25)8-18(17)23(19(27)22(24)2)10-14-15(20)4-3-5-16(14)21/h3-8,11-12,26H,9-10H2,1-2H3. The van der Waals surface area contributed by atoms with E-state index in [0.29, 0.717) is 23.2 Å². The number of hydrogen-bond acceptors (Lipinski definition) is 4. The molecule has 0 aromatic heterocycles. The second-order valence-corrected chi connectivity index (χ2v) is 6.80. The molecule has 0 aliphatic carbocycles. The molecule has 2 aromatic rings. The highest BCUT2D eigenvalue weighted by Crippen LogP contribution is 2.38. The summed E-state index contributed by atoms with van der Waals surface area (Å²) in [7, 11) is 1.57. The summed E-state index contributed by atoms with van der Waals surface area (Å²) < 4.78 is 14.3. The maximum Gasteiger partial charge on any atom is 0.343 e. The van der Waals surface area contributed by atoms with Crippen LogP contribution < -0.4 is 9.91 Å². The number of hydrazine groups is 1. The molecular weight excluding hydrogens is 373 g/mol. The zero-order chi connectivity index (χ0) is 19.7. The number of anilines is 2. The lowest BCUT2D eigenvalue weighted by molar-refractivity contribution is 0.112. The molecule has 0 bridgehead atoms. The van der Waals surface area contributed by atoms with Crippen molar-refractivity contribution in [2.75, 3.05) is 23.5 Å². The van der Waals surface area contributed by atoms with E-state index in [2.05, 4.69) is 0 Å². The highest BCUT2D eigenvalue weighted by Gasteiger charge is 2.35. The molecular formula is C19H19ClFN3O3. The molecule has 8 heteroatoms. The van der Waals surface area contributed by atoms with Gasteiger partial charge >= 0.3 is 6.03 Å². The highest BCUT2D eigenvalue weighted by molar-refractivity contribution is 6.31. The second kappa shape index (κ2) is 7.54. The van der Waals surface area contributed by atoms with Crippen LogP contribution in [0.25, 0.3) is 0 Å². The lowest BCUT2D eigenvalue weighted by Gasteiger charge is -2.44. The van der Waals surface area contributed by atoms with Crippen LogP contribution in [-0.4, -0.2) is 42.1 Å². The lowest BCUT2D eigenvalue weighted by atomic mass is 10.1. The predicted molar refractivity (Wildman–Crippen MR) is 102 cm³/mol. The maximum atomic E-state index is 14.3. The Labute approximate surface area is 161 Å². The first kappa shape index (κ1) is 19.1. The number of β-amino-alcohol motifs (C(OH)–C–C–N with tert-alkyl or cyclic N) is 1. The Kier molecular flexibility index (Phi) is 5.34. The Morgan fingerprint density at radius 1 is 1.26 bits per heavy atom. The normalized spacial score (nSPS) is 15.0. The van der Waals surface area contributed by atoms with Gasteiger partial charge in [0.05, 0.1) is 30.6 Å². The zero-order valence-corrected chi connectivity index (χ0v) is 15.7. The van der Waals surface area contributed by atoms with Crippen molar-refractivity contribution in [3.05, 3.63) is 58.4 Å². The number of rotatable bonds is 5. The number of halogens is 2. The van der Waals surface area contributed by atoms with Crippen molar-refractivity contribution in [3.63, 3.8) is 0 Å². The van der Waals surface area contributed by atoms with Crippen LogP contribution in [0.3, 0.4) is 0 Å². The van der Waals surface area contributed by atoms with Gasteiger partial charge in [-0.3, -0.25) is 14.7 Å². The third kappa shape index (κ3) is 3.61. The average molecular weight is 392 g/mol. The molecule has 0 spiro atoms. The van der Waals surface area contributed by atoms with E-state index >= 15 is 0 Å². The van der Waals surface area contributed by atoms with E-state index in [1.807, 2.05) is 0 Å². The minimum Gasteiger partial charge on any atom is -0.391 e. The number of carbonyl (C=O) groups is 2. The van der Waals surface area contributed by atoms with Crippen LogP contribution in [0, 0.1) is 5.82 Å². The lowest BCUT2D eigenvalue weighted by Crippen LogP contribution is -2.56. The first-order chi connectivity index (χ1) is 12.8. The van der Waals surface area contributed by atoms with E-state index in [4.69, 9.17) is 11.6 Å². The van der Waals surface area contributed by atoms with Crippen LogP contribution in [0.5, 0.6) is 0 Å². The van der Waals surface area contributed by atoms with Crippen molar-refractivity contribution in [2.24, 2.45) is 0 Å². The van der Waals surface area contributed by atoms with Gasteiger partial charge in [0.15, 0.2) is 0 Å². The van der Waals surface area contributed by atoms with Gasteiger partial charge in [0.1, 0.15) is 12.1 Å². The summed E-state index contributed by atoms with van der Waals surface area (Å²) >= 11 is 6.12. The smallest absolute Gasteiger partial charge is 0.343 e. The number of hydrogen-bond donors (Lipinski definition) is 1. The quantitative estimate of drug-likeness (QED) is 0.793. The molecule has 1 N–H and O–H groups in total. The number of aldehydes is 1. The van der Waals surface area contributed by atoms with E-state index in [1.165, 1.54) is 22.0 Å². The number of amides is 2. The van der Waals surface area contributed by atoms with Crippen molar-refractivity contribution < 1.29 is 19.1 Å². The van der Waals surface area contributed by atoms with Gasteiger partial charge in [-0.25, -0.2) is 14.2 Å². The molecule has 27 heavy (non-hydrogen) atoms. The van der Waals surface area contributed by atoms with E-state index in [0.717, 1.165) is 0 Å². The maximum absolute atomic E-state index is 14.3. The molecule has 0 saturated heterocycles. The topological polar surface area (TPSA) is 64.1 Å². The van der Waals surface area contributed by atoms with Gasteiger partial charge in [0.25, 0.3) is 0 Å². The third-order valence-corrected chi connectivity index (χ3v) is 4.74. The number of aliphatic hydroxyl groups is 1. The van der Waals surface area contributed by atoms with E-state index in [9.17, 15) is 19.1 Å². The van der Waals surface area contributed by atoms with Crippen LogP contribution in [0.1, 0.15) is 22.8 Å². The van der Waals surface area contributed by atoms with Crippen molar-refractivity contribution >= 4 is 35.3 Å². The minimum absolute atomic E-state index is 0.0908. The molecule has 3 rings (SSSR count). The second-order valence-electron chi connectivity index (χ2n) is 6.39. The Morgan fingerprint density at radius 3 is 2.63 bits per heavy atom. The van der Waals surface area contributed by atoms with Crippen molar-refractivity contribution in [1.82, 2.24) is 5.01 Å². The molecule has 0 radical (unpaired) electrons.